The molecule has 2 aliphatic heterocycles. The summed E-state index contributed by atoms with van der Waals surface area (Å²) in [7, 11) is 1.71. The molecule has 0 amide bonds. The first-order valence-corrected chi connectivity index (χ1v) is 6.94. The Balaban J connectivity index is 1.58. The summed E-state index contributed by atoms with van der Waals surface area (Å²) in [6.07, 6.45) is 2.73. The Bertz CT molecular complexity index is 390. The summed E-state index contributed by atoms with van der Waals surface area (Å²) in [5, 5.41) is 3.63. The number of benzene rings is 1. The molecule has 0 spiro atoms. The van der Waals surface area contributed by atoms with E-state index in [4.69, 9.17) is 4.74 Å². The van der Waals surface area contributed by atoms with Crippen molar-refractivity contribution in [1.29, 1.82) is 0 Å². The highest BCUT2D eigenvalue weighted by molar-refractivity contribution is 5.27. The topological polar surface area (TPSA) is 24.5 Å². The van der Waals surface area contributed by atoms with E-state index < -0.39 is 0 Å². The average Bonchev–Trinajstić information content (AvgIpc) is 2.87. The Morgan fingerprint density at radius 3 is 2.89 bits per heavy atom. The number of methoxy groups -OCH3 is 1. The molecule has 3 rings (SSSR count). The van der Waals surface area contributed by atoms with Crippen LogP contribution < -0.4 is 10.1 Å². The molecular weight excluding hydrogens is 224 g/mol. The number of likely N-dealkylation sites (tertiary alicyclic amines) is 1. The van der Waals surface area contributed by atoms with Gasteiger partial charge in [0.05, 0.1) is 7.11 Å². The van der Waals surface area contributed by atoms with Crippen LogP contribution in [0.3, 0.4) is 0 Å². The van der Waals surface area contributed by atoms with E-state index in [1.54, 1.807) is 7.11 Å². The zero-order valence-corrected chi connectivity index (χ0v) is 11.1. The van der Waals surface area contributed by atoms with Gasteiger partial charge in [0, 0.05) is 19.1 Å². The minimum Gasteiger partial charge on any atom is -0.497 e. The maximum Gasteiger partial charge on any atom is 0.118 e. The average molecular weight is 246 g/mol. The fourth-order valence-electron chi connectivity index (χ4n) is 3.23. The van der Waals surface area contributed by atoms with Gasteiger partial charge in [-0.1, -0.05) is 12.1 Å². The van der Waals surface area contributed by atoms with Gasteiger partial charge >= 0.3 is 0 Å². The van der Waals surface area contributed by atoms with Gasteiger partial charge in [0.1, 0.15) is 5.75 Å². The normalized spacial score (nSPS) is 28.1. The predicted octanol–water partition coefficient (Wildman–Crippen LogP) is 1.88. The van der Waals surface area contributed by atoms with E-state index in [9.17, 15) is 0 Å². The van der Waals surface area contributed by atoms with Crippen LogP contribution in [0.2, 0.25) is 0 Å². The van der Waals surface area contributed by atoms with Crippen LogP contribution in [0.4, 0.5) is 0 Å². The van der Waals surface area contributed by atoms with Gasteiger partial charge in [-0.25, -0.2) is 0 Å². The highest BCUT2D eigenvalue weighted by atomic mass is 16.5. The molecule has 1 aromatic carbocycles. The highest BCUT2D eigenvalue weighted by Crippen LogP contribution is 2.26. The van der Waals surface area contributed by atoms with Crippen molar-refractivity contribution in [3.8, 4) is 5.75 Å². The number of nitrogens with zero attached hydrogens (tertiary/aromatic N) is 1. The SMILES string of the molecule is COc1ccc(CN2CC[C@H]3CCN[C@H]3C2)cc1. The molecular formula is C15H22N2O. The van der Waals surface area contributed by atoms with Gasteiger partial charge in [0.15, 0.2) is 0 Å². The molecule has 0 unspecified atom stereocenters. The number of rotatable bonds is 3. The van der Waals surface area contributed by atoms with Crippen molar-refractivity contribution < 1.29 is 4.74 Å². The van der Waals surface area contributed by atoms with Gasteiger partial charge in [-0.2, -0.15) is 0 Å². The van der Waals surface area contributed by atoms with Crippen molar-refractivity contribution in [2.75, 3.05) is 26.7 Å². The standard InChI is InChI=1S/C15H22N2O/c1-18-14-4-2-12(3-5-14)10-17-9-7-13-6-8-16-15(13)11-17/h2-5,13,15-16H,6-11H2,1H3/t13-,15+/m1/s1. The van der Waals surface area contributed by atoms with Gasteiger partial charge in [0.25, 0.3) is 0 Å². The zero-order chi connectivity index (χ0) is 12.4. The Kier molecular flexibility index (Phi) is 3.52. The molecule has 2 saturated heterocycles. The third-order valence-electron chi connectivity index (χ3n) is 4.33. The maximum atomic E-state index is 5.19. The van der Waals surface area contributed by atoms with Gasteiger partial charge in [0.2, 0.25) is 0 Å². The molecule has 0 bridgehead atoms. The van der Waals surface area contributed by atoms with E-state index in [1.165, 1.54) is 38.0 Å². The molecule has 1 N–H and O–H groups in total. The Morgan fingerprint density at radius 1 is 1.28 bits per heavy atom. The first-order valence-electron chi connectivity index (χ1n) is 6.94. The Hall–Kier alpha value is -1.06. The van der Waals surface area contributed by atoms with Crippen LogP contribution in [-0.4, -0.2) is 37.7 Å². The maximum absolute atomic E-state index is 5.19. The lowest BCUT2D eigenvalue weighted by Crippen LogP contribution is -2.45. The summed E-state index contributed by atoms with van der Waals surface area (Å²) in [5.74, 6) is 1.87. The lowest BCUT2D eigenvalue weighted by molar-refractivity contribution is 0.159. The first-order chi connectivity index (χ1) is 8.85. The predicted molar refractivity (Wildman–Crippen MR) is 72.8 cm³/mol. The van der Waals surface area contributed by atoms with E-state index in [0.717, 1.165) is 24.3 Å². The van der Waals surface area contributed by atoms with Gasteiger partial charge < -0.3 is 10.1 Å². The molecule has 18 heavy (non-hydrogen) atoms. The molecule has 0 saturated carbocycles. The van der Waals surface area contributed by atoms with Crippen molar-refractivity contribution in [1.82, 2.24) is 10.2 Å². The molecule has 3 heteroatoms. The summed E-state index contributed by atoms with van der Waals surface area (Å²) in [6, 6.07) is 9.18. The van der Waals surface area contributed by atoms with E-state index in [1.807, 2.05) is 0 Å². The number of hydrogen-bond acceptors (Lipinski definition) is 3. The van der Waals surface area contributed by atoms with Crippen molar-refractivity contribution in [2.24, 2.45) is 5.92 Å². The first kappa shape index (κ1) is 12.0. The Morgan fingerprint density at radius 2 is 2.11 bits per heavy atom. The molecule has 1 aromatic rings. The monoisotopic (exact) mass is 246 g/mol. The summed E-state index contributed by atoms with van der Waals surface area (Å²) < 4.78 is 5.19. The van der Waals surface area contributed by atoms with Crippen molar-refractivity contribution >= 4 is 0 Å². The zero-order valence-electron chi connectivity index (χ0n) is 11.1. The van der Waals surface area contributed by atoms with Crippen LogP contribution in [0.1, 0.15) is 18.4 Å². The Labute approximate surface area is 109 Å². The molecule has 2 atom stereocenters. The molecule has 3 nitrogen and oxygen atoms in total. The highest BCUT2D eigenvalue weighted by Gasteiger charge is 2.32. The van der Waals surface area contributed by atoms with Gasteiger partial charge in [-0.05, 0) is 49.5 Å². The third-order valence-corrected chi connectivity index (χ3v) is 4.33. The number of hydrogen-bond donors (Lipinski definition) is 1. The van der Waals surface area contributed by atoms with Crippen LogP contribution in [0.5, 0.6) is 5.75 Å². The smallest absolute Gasteiger partial charge is 0.118 e. The largest absolute Gasteiger partial charge is 0.497 e. The molecule has 2 aliphatic rings. The van der Waals surface area contributed by atoms with Crippen LogP contribution in [0.15, 0.2) is 24.3 Å². The molecule has 0 aliphatic carbocycles. The minimum absolute atomic E-state index is 0.733. The second kappa shape index (κ2) is 5.29. The quantitative estimate of drug-likeness (QED) is 0.881. The summed E-state index contributed by atoms with van der Waals surface area (Å²) in [6.45, 7) is 4.73. The second-order valence-electron chi connectivity index (χ2n) is 5.48. The molecule has 2 fully saturated rings. The minimum atomic E-state index is 0.733. The number of piperidine rings is 1. The fraction of sp³-hybridized carbons (Fsp3) is 0.600. The summed E-state index contributed by atoms with van der Waals surface area (Å²) >= 11 is 0. The number of nitrogens with one attached hydrogen (secondary N) is 1. The molecule has 0 aromatic heterocycles. The number of fused-ring (bicyclic) bond motifs is 1. The van der Waals surface area contributed by atoms with E-state index in [0.29, 0.717) is 0 Å². The lowest BCUT2D eigenvalue weighted by atomic mass is 9.92. The van der Waals surface area contributed by atoms with Crippen molar-refractivity contribution in [2.45, 2.75) is 25.4 Å². The lowest BCUT2D eigenvalue weighted by Gasteiger charge is -2.34. The molecule has 2 heterocycles. The van der Waals surface area contributed by atoms with E-state index in [-0.39, 0.29) is 0 Å². The second-order valence-corrected chi connectivity index (χ2v) is 5.48. The third kappa shape index (κ3) is 2.52. The van der Waals surface area contributed by atoms with Crippen LogP contribution in [-0.2, 0) is 6.54 Å². The van der Waals surface area contributed by atoms with E-state index in [2.05, 4.69) is 34.5 Å². The van der Waals surface area contributed by atoms with E-state index >= 15 is 0 Å². The van der Waals surface area contributed by atoms with Crippen molar-refractivity contribution in [3.05, 3.63) is 29.8 Å². The fourth-order valence-corrected chi connectivity index (χ4v) is 3.23. The molecule has 0 radical (unpaired) electrons. The molecule has 98 valence electrons. The summed E-state index contributed by atoms with van der Waals surface area (Å²) in [5.41, 5.74) is 1.38. The van der Waals surface area contributed by atoms with Gasteiger partial charge in [-0.3, -0.25) is 4.90 Å². The summed E-state index contributed by atoms with van der Waals surface area (Å²) in [4.78, 5) is 2.57. The van der Waals surface area contributed by atoms with Crippen LogP contribution in [0.25, 0.3) is 0 Å². The number of ether oxygens (including phenoxy) is 1. The van der Waals surface area contributed by atoms with Crippen molar-refractivity contribution in [3.63, 3.8) is 0 Å². The van der Waals surface area contributed by atoms with Crippen LogP contribution in [0, 0.1) is 5.92 Å². The van der Waals surface area contributed by atoms with Crippen LogP contribution >= 0.6 is 0 Å². The van der Waals surface area contributed by atoms with Gasteiger partial charge in [-0.15, -0.1) is 0 Å².